The molecule has 0 amide bonds. The van der Waals surface area contributed by atoms with Crippen molar-refractivity contribution in [2.45, 2.75) is 32.6 Å². The first-order valence-corrected chi connectivity index (χ1v) is 8.56. The molecule has 0 aliphatic heterocycles. The summed E-state index contributed by atoms with van der Waals surface area (Å²) in [5, 5.41) is 3.34. The van der Waals surface area contributed by atoms with E-state index in [0.717, 1.165) is 63.6 Å². The Morgan fingerprint density at radius 1 is 1.25 bits per heavy atom. The van der Waals surface area contributed by atoms with Gasteiger partial charge < -0.3 is 15.0 Å². The lowest BCUT2D eigenvalue weighted by atomic mass is 10.3. The lowest BCUT2D eigenvalue weighted by molar-refractivity contribution is 0.308. The number of halogens is 1. The van der Waals surface area contributed by atoms with Crippen LogP contribution in [0.2, 0.25) is 0 Å². The summed E-state index contributed by atoms with van der Waals surface area (Å²) in [7, 11) is 2.09. The van der Waals surface area contributed by atoms with Crippen LogP contribution in [-0.4, -0.2) is 44.1 Å². The van der Waals surface area contributed by atoms with E-state index in [0.29, 0.717) is 0 Å². The van der Waals surface area contributed by atoms with Gasteiger partial charge in [-0.3, -0.25) is 4.99 Å². The highest BCUT2D eigenvalue weighted by molar-refractivity contribution is 14.0. The Labute approximate surface area is 164 Å². The molecule has 0 saturated carbocycles. The minimum Gasteiger partial charge on any atom is -0.494 e. The largest absolute Gasteiger partial charge is 0.494 e. The number of aliphatic imine (C=N–C) groups is 1. The van der Waals surface area contributed by atoms with Gasteiger partial charge in [-0.15, -0.1) is 30.6 Å². The average molecular weight is 445 g/mol. The number of rotatable bonds is 11. The Morgan fingerprint density at radius 2 is 2.00 bits per heavy atom. The maximum absolute atomic E-state index is 5.69. The number of hydrogen-bond acceptors (Lipinski definition) is 2. The van der Waals surface area contributed by atoms with E-state index in [2.05, 4.69) is 35.8 Å². The van der Waals surface area contributed by atoms with Gasteiger partial charge in [-0.05, 0) is 44.7 Å². The fraction of sp³-hybridized carbons (Fsp3) is 0.526. The van der Waals surface area contributed by atoms with Crippen LogP contribution in [-0.2, 0) is 0 Å². The van der Waals surface area contributed by atoms with Crippen LogP contribution in [0.4, 0.5) is 0 Å². The second kappa shape index (κ2) is 15.3. The number of guanidine groups is 1. The molecule has 0 aliphatic carbocycles. The van der Waals surface area contributed by atoms with Crippen molar-refractivity contribution in [3.63, 3.8) is 0 Å². The molecule has 1 aromatic rings. The molecule has 4 nitrogen and oxygen atoms in total. The van der Waals surface area contributed by atoms with E-state index in [1.54, 1.807) is 0 Å². The van der Waals surface area contributed by atoms with Crippen LogP contribution in [0, 0.1) is 0 Å². The van der Waals surface area contributed by atoms with Gasteiger partial charge in [0.1, 0.15) is 5.75 Å². The van der Waals surface area contributed by atoms with Crippen LogP contribution in [0.25, 0.3) is 0 Å². The number of allylic oxidation sites excluding steroid dienone is 1. The molecule has 1 aromatic carbocycles. The van der Waals surface area contributed by atoms with Gasteiger partial charge in [-0.2, -0.15) is 0 Å². The Kier molecular flexibility index (Phi) is 14.5. The predicted octanol–water partition coefficient (Wildman–Crippen LogP) is 4.33. The summed E-state index contributed by atoms with van der Waals surface area (Å²) in [4.78, 5) is 6.87. The molecule has 0 radical (unpaired) electrons. The van der Waals surface area contributed by atoms with E-state index < -0.39 is 0 Å². The molecule has 24 heavy (non-hydrogen) atoms. The summed E-state index contributed by atoms with van der Waals surface area (Å²) >= 11 is 0. The van der Waals surface area contributed by atoms with Crippen molar-refractivity contribution in [2.24, 2.45) is 4.99 Å². The number of nitrogens with one attached hydrogen (secondary N) is 1. The van der Waals surface area contributed by atoms with Crippen LogP contribution >= 0.6 is 24.0 Å². The SMILES string of the molecule is C=CCCCN(C)C(=NCCCCOc1ccccc1)NCC.I. The molecule has 0 aliphatic rings. The smallest absolute Gasteiger partial charge is 0.193 e. The Balaban J connectivity index is 0.00000529. The standard InChI is InChI=1S/C19H31N3O.HI/c1-4-6-11-16-22(3)19(20-5-2)21-15-10-12-17-23-18-13-8-7-9-14-18;/h4,7-9,13-14H,1,5-6,10-12,15-17H2,2-3H3,(H,20,21);1H. The van der Waals surface area contributed by atoms with Gasteiger partial charge in [0, 0.05) is 26.7 Å². The molecule has 0 aromatic heterocycles. The van der Waals surface area contributed by atoms with Crippen LogP contribution in [0.1, 0.15) is 32.6 Å². The molecule has 5 heteroatoms. The zero-order chi connectivity index (χ0) is 16.8. The number of para-hydroxylation sites is 1. The maximum Gasteiger partial charge on any atom is 0.193 e. The summed E-state index contributed by atoms with van der Waals surface area (Å²) in [6.07, 6.45) is 6.15. The summed E-state index contributed by atoms with van der Waals surface area (Å²) in [5.74, 6) is 1.92. The van der Waals surface area contributed by atoms with E-state index in [-0.39, 0.29) is 24.0 Å². The molecular formula is C19H32IN3O. The van der Waals surface area contributed by atoms with E-state index in [9.17, 15) is 0 Å². The van der Waals surface area contributed by atoms with Gasteiger partial charge in [0.15, 0.2) is 5.96 Å². The van der Waals surface area contributed by atoms with Gasteiger partial charge in [0.05, 0.1) is 6.61 Å². The third kappa shape index (κ3) is 10.5. The summed E-state index contributed by atoms with van der Waals surface area (Å²) < 4.78 is 5.69. The second-order valence-electron chi connectivity index (χ2n) is 5.46. The monoisotopic (exact) mass is 445 g/mol. The summed E-state index contributed by atoms with van der Waals surface area (Å²) in [5.41, 5.74) is 0. The topological polar surface area (TPSA) is 36.9 Å². The van der Waals surface area contributed by atoms with Gasteiger partial charge >= 0.3 is 0 Å². The number of unbranched alkanes of at least 4 members (excludes halogenated alkanes) is 2. The van der Waals surface area contributed by atoms with Gasteiger partial charge in [-0.1, -0.05) is 24.3 Å². The third-order valence-corrected chi connectivity index (χ3v) is 3.42. The molecule has 0 bridgehead atoms. The number of ether oxygens (including phenoxy) is 1. The van der Waals surface area contributed by atoms with Crippen molar-refractivity contribution in [2.75, 3.05) is 33.3 Å². The Morgan fingerprint density at radius 3 is 2.67 bits per heavy atom. The van der Waals surface area contributed by atoms with Gasteiger partial charge in [0.2, 0.25) is 0 Å². The predicted molar refractivity (Wildman–Crippen MR) is 115 cm³/mol. The van der Waals surface area contributed by atoms with E-state index in [1.165, 1.54) is 0 Å². The molecule has 0 heterocycles. The molecule has 136 valence electrons. The fourth-order valence-electron chi connectivity index (χ4n) is 2.15. The fourth-order valence-corrected chi connectivity index (χ4v) is 2.15. The number of nitrogens with zero attached hydrogens (tertiary/aromatic N) is 2. The molecule has 1 rings (SSSR count). The van der Waals surface area contributed by atoms with E-state index in [4.69, 9.17) is 4.74 Å². The van der Waals surface area contributed by atoms with E-state index in [1.807, 2.05) is 36.4 Å². The summed E-state index contributed by atoms with van der Waals surface area (Å²) in [6, 6.07) is 9.95. The lowest BCUT2D eigenvalue weighted by Crippen LogP contribution is -2.39. The van der Waals surface area contributed by atoms with Crippen molar-refractivity contribution in [3.05, 3.63) is 43.0 Å². The minimum absolute atomic E-state index is 0. The number of hydrogen-bond donors (Lipinski definition) is 1. The van der Waals surface area contributed by atoms with Crippen molar-refractivity contribution in [1.82, 2.24) is 10.2 Å². The first kappa shape index (κ1) is 22.8. The van der Waals surface area contributed by atoms with Crippen LogP contribution in [0.15, 0.2) is 48.0 Å². The quantitative estimate of drug-likeness (QED) is 0.181. The van der Waals surface area contributed by atoms with Gasteiger partial charge in [0.25, 0.3) is 0 Å². The Hall–Kier alpha value is -1.24. The Bertz CT molecular complexity index is 451. The van der Waals surface area contributed by atoms with Crippen molar-refractivity contribution >= 4 is 29.9 Å². The van der Waals surface area contributed by atoms with Crippen LogP contribution in [0.5, 0.6) is 5.75 Å². The van der Waals surface area contributed by atoms with E-state index >= 15 is 0 Å². The van der Waals surface area contributed by atoms with Crippen molar-refractivity contribution < 1.29 is 4.74 Å². The van der Waals surface area contributed by atoms with Crippen molar-refractivity contribution in [1.29, 1.82) is 0 Å². The molecular weight excluding hydrogens is 413 g/mol. The normalized spacial score (nSPS) is 10.7. The first-order chi connectivity index (χ1) is 11.3. The maximum atomic E-state index is 5.69. The minimum atomic E-state index is 0. The highest BCUT2D eigenvalue weighted by Gasteiger charge is 2.04. The molecule has 1 N–H and O–H groups in total. The highest BCUT2D eigenvalue weighted by atomic mass is 127. The second-order valence-corrected chi connectivity index (χ2v) is 5.46. The molecule has 0 unspecified atom stereocenters. The summed E-state index contributed by atoms with van der Waals surface area (Å²) in [6.45, 7) is 9.31. The molecule has 0 spiro atoms. The zero-order valence-corrected chi connectivity index (χ0v) is 17.4. The lowest BCUT2D eigenvalue weighted by Gasteiger charge is -2.21. The molecule has 0 atom stereocenters. The highest BCUT2D eigenvalue weighted by Crippen LogP contribution is 2.08. The third-order valence-electron chi connectivity index (χ3n) is 3.42. The molecule has 0 fully saturated rings. The van der Waals surface area contributed by atoms with Crippen LogP contribution in [0.3, 0.4) is 0 Å². The van der Waals surface area contributed by atoms with Crippen LogP contribution < -0.4 is 10.1 Å². The molecule has 0 saturated heterocycles. The van der Waals surface area contributed by atoms with Crippen molar-refractivity contribution in [3.8, 4) is 5.75 Å². The first-order valence-electron chi connectivity index (χ1n) is 8.56. The van der Waals surface area contributed by atoms with Gasteiger partial charge in [-0.25, -0.2) is 0 Å². The number of benzene rings is 1. The average Bonchev–Trinajstić information content (AvgIpc) is 2.58. The zero-order valence-electron chi connectivity index (χ0n) is 15.0.